The lowest BCUT2D eigenvalue weighted by molar-refractivity contribution is -0.119. The van der Waals surface area contributed by atoms with Crippen molar-refractivity contribution in [1.29, 1.82) is 0 Å². The zero-order valence-electron chi connectivity index (χ0n) is 14.4. The molecule has 1 saturated heterocycles. The van der Waals surface area contributed by atoms with Crippen molar-refractivity contribution in [1.82, 2.24) is 9.80 Å². The molecule has 1 fully saturated rings. The van der Waals surface area contributed by atoms with E-state index in [-0.39, 0.29) is 6.04 Å². The second kappa shape index (κ2) is 5.88. The average molecular weight is 354 g/mol. The van der Waals surface area contributed by atoms with Crippen molar-refractivity contribution in [3.8, 4) is 0 Å². The Hall–Kier alpha value is -2.27. The molecule has 1 aliphatic heterocycles. The maximum Gasteiger partial charge on any atom is 0.209 e. The third-order valence-corrected chi connectivity index (χ3v) is 6.01. The van der Waals surface area contributed by atoms with Crippen LogP contribution in [-0.4, -0.2) is 42.4 Å². The Kier molecular flexibility index (Phi) is 3.60. The number of nitrogens with zero attached hydrogens (tertiary/aromatic N) is 2. The average Bonchev–Trinajstić information content (AvgIpc) is 3.48. The number of piperazine rings is 1. The van der Waals surface area contributed by atoms with Gasteiger partial charge in [0, 0.05) is 26.2 Å². The fourth-order valence-electron chi connectivity index (χ4n) is 4.57. The van der Waals surface area contributed by atoms with E-state index in [0.29, 0.717) is 37.3 Å². The van der Waals surface area contributed by atoms with E-state index in [1.54, 1.807) is 17.0 Å². The summed E-state index contributed by atoms with van der Waals surface area (Å²) < 4.78 is 30.3. The summed E-state index contributed by atoms with van der Waals surface area (Å²) >= 11 is 0. The van der Waals surface area contributed by atoms with Crippen LogP contribution in [0.5, 0.6) is 0 Å². The number of rotatable bonds is 2. The summed E-state index contributed by atoms with van der Waals surface area (Å²) in [5.74, 6) is 0. The number of hydrogen-bond donors (Lipinski definition) is 0. The van der Waals surface area contributed by atoms with Gasteiger partial charge in [0.25, 0.3) is 0 Å². The standard InChI is InChI=1S/C21H20F2N2O/c22-19-14-3-1-2-4-15(14)21(25-9-7-24(12-26)8-10-25)16-6-5-13-11-17(13)18(16)20(19)23/h1-6,12,19-21H,7-11H2. The topological polar surface area (TPSA) is 23.6 Å². The van der Waals surface area contributed by atoms with Crippen molar-refractivity contribution < 1.29 is 13.6 Å². The molecule has 2 aromatic carbocycles. The fraction of sp³-hybridized carbons (Fsp3) is 0.381. The number of hydrogen-bond acceptors (Lipinski definition) is 2. The maximum atomic E-state index is 15.2. The number of halogens is 2. The van der Waals surface area contributed by atoms with Crippen LogP contribution in [0.15, 0.2) is 36.4 Å². The van der Waals surface area contributed by atoms with E-state index >= 15 is 8.78 Å². The molecule has 1 heterocycles. The van der Waals surface area contributed by atoms with Crippen LogP contribution in [0.2, 0.25) is 0 Å². The van der Waals surface area contributed by atoms with Crippen LogP contribution in [0, 0.1) is 0 Å². The van der Waals surface area contributed by atoms with Crippen LogP contribution >= 0.6 is 0 Å². The van der Waals surface area contributed by atoms with E-state index in [2.05, 4.69) is 11.0 Å². The molecule has 5 heteroatoms. The van der Waals surface area contributed by atoms with Gasteiger partial charge in [-0.25, -0.2) is 8.78 Å². The third kappa shape index (κ3) is 2.30. The van der Waals surface area contributed by atoms with Gasteiger partial charge in [-0.3, -0.25) is 9.69 Å². The van der Waals surface area contributed by atoms with Crippen molar-refractivity contribution >= 4 is 6.41 Å². The van der Waals surface area contributed by atoms with E-state index in [1.165, 1.54) is 0 Å². The number of carbonyl (C=O) groups excluding carboxylic acids is 1. The second-order valence-corrected chi connectivity index (χ2v) is 7.40. The van der Waals surface area contributed by atoms with Gasteiger partial charge in [0.15, 0.2) is 12.3 Å². The molecule has 26 heavy (non-hydrogen) atoms. The van der Waals surface area contributed by atoms with Gasteiger partial charge in [-0.2, -0.15) is 0 Å². The van der Waals surface area contributed by atoms with Gasteiger partial charge >= 0.3 is 0 Å². The molecular weight excluding hydrogens is 334 g/mol. The van der Waals surface area contributed by atoms with Gasteiger partial charge in [0.1, 0.15) is 0 Å². The van der Waals surface area contributed by atoms with Crippen LogP contribution < -0.4 is 0 Å². The van der Waals surface area contributed by atoms with E-state index in [9.17, 15) is 4.79 Å². The number of alkyl halides is 2. The molecule has 0 spiro atoms. The van der Waals surface area contributed by atoms with Gasteiger partial charge in [-0.05, 0) is 39.8 Å². The molecule has 2 aromatic rings. The van der Waals surface area contributed by atoms with Crippen molar-refractivity contribution in [2.45, 2.75) is 24.8 Å². The second-order valence-electron chi connectivity index (χ2n) is 7.40. The highest BCUT2D eigenvalue weighted by Crippen LogP contribution is 2.52. The maximum absolute atomic E-state index is 15.2. The molecule has 134 valence electrons. The van der Waals surface area contributed by atoms with E-state index in [0.717, 1.165) is 35.1 Å². The van der Waals surface area contributed by atoms with E-state index < -0.39 is 12.3 Å². The summed E-state index contributed by atoms with van der Waals surface area (Å²) in [6, 6.07) is 11.2. The first-order valence-electron chi connectivity index (χ1n) is 9.14. The van der Waals surface area contributed by atoms with Gasteiger partial charge in [0.05, 0.1) is 6.04 Å². The highest BCUT2D eigenvalue weighted by Gasteiger charge is 2.42. The van der Waals surface area contributed by atoms with E-state index in [4.69, 9.17) is 0 Å². The minimum atomic E-state index is -1.64. The number of benzene rings is 2. The lowest BCUT2D eigenvalue weighted by Crippen LogP contribution is -2.47. The summed E-state index contributed by atoms with van der Waals surface area (Å²) in [4.78, 5) is 15.1. The lowest BCUT2D eigenvalue weighted by atomic mass is 9.92. The van der Waals surface area contributed by atoms with Crippen LogP contribution in [-0.2, 0) is 11.2 Å². The molecule has 1 amide bonds. The molecule has 0 saturated carbocycles. The van der Waals surface area contributed by atoms with Crippen LogP contribution in [0.4, 0.5) is 8.78 Å². The molecule has 3 atom stereocenters. The summed E-state index contributed by atoms with van der Waals surface area (Å²) in [6.45, 7) is 2.67. The molecular formula is C21H20F2N2O. The Bertz CT molecular complexity index is 876. The fourth-order valence-corrected chi connectivity index (χ4v) is 4.57. The van der Waals surface area contributed by atoms with Gasteiger partial charge in [-0.1, -0.05) is 36.4 Å². The zero-order valence-corrected chi connectivity index (χ0v) is 14.4. The molecule has 3 aliphatic rings. The largest absolute Gasteiger partial charge is 0.343 e. The first-order valence-corrected chi connectivity index (χ1v) is 9.14. The number of amides is 1. The van der Waals surface area contributed by atoms with Crippen molar-refractivity contribution in [2.24, 2.45) is 0 Å². The molecule has 0 bridgehead atoms. The Labute approximate surface area is 151 Å². The molecule has 0 radical (unpaired) electrons. The Morgan fingerprint density at radius 2 is 1.62 bits per heavy atom. The summed E-state index contributed by atoms with van der Waals surface area (Å²) in [5.41, 5.74) is 4.88. The van der Waals surface area contributed by atoms with Gasteiger partial charge in [-0.15, -0.1) is 0 Å². The van der Waals surface area contributed by atoms with Crippen LogP contribution in [0.3, 0.4) is 0 Å². The molecule has 2 aliphatic carbocycles. The van der Waals surface area contributed by atoms with Crippen molar-refractivity contribution in [2.75, 3.05) is 26.2 Å². The molecule has 0 aromatic heterocycles. The lowest BCUT2D eigenvalue weighted by Gasteiger charge is -2.39. The first kappa shape index (κ1) is 15.9. The number of fused-ring (bicyclic) bond motifs is 4. The van der Waals surface area contributed by atoms with Crippen LogP contribution in [0.1, 0.15) is 51.8 Å². The minimum Gasteiger partial charge on any atom is -0.343 e. The van der Waals surface area contributed by atoms with Crippen LogP contribution in [0.25, 0.3) is 0 Å². The highest BCUT2D eigenvalue weighted by atomic mass is 19.2. The molecule has 3 nitrogen and oxygen atoms in total. The minimum absolute atomic E-state index is 0.167. The zero-order chi connectivity index (χ0) is 17.8. The predicted molar refractivity (Wildman–Crippen MR) is 94.4 cm³/mol. The quantitative estimate of drug-likeness (QED) is 0.658. The van der Waals surface area contributed by atoms with Gasteiger partial charge < -0.3 is 4.90 Å². The van der Waals surface area contributed by atoms with E-state index in [1.807, 2.05) is 18.2 Å². The summed E-state index contributed by atoms with van der Waals surface area (Å²) in [6.07, 6.45) is -1.62. The first-order chi connectivity index (χ1) is 12.7. The molecule has 0 N–H and O–H groups in total. The van der Waals surface area contributed by atoms with Crippen molar-refractivity contribution in [3.05, 3.63) is 69.8 Å². The Balaban J connectivity index is 1.66. The van der Waals surface area contributed by atoms with Crippen molar-refractivity contribution in [3.63, 3.8) is 0 Å². The Morgan fingerprint density at radius 3 is 2.35 bits per heavy atom. The Morgan fingerprint density at radius 1 is 0.885 bits per heavy atom. The number of carbonyl (C=O) groups is 1. The normalized spacial score (nSPS) is 27.2. The monoisotopic (exact) mass is 354 g/mol. The predicted octanol–water partition coefficient (Wildman–Crippen LogP) is 3.49. The SMILES string of the molecule is O=CN1CCN(C2c3ccccc3C(F)C(F)c3c2ccc2c3C2)CC1. The van der Waals surface area contributed by atoms with Gasteiger partial charge in [0.2, 0.25) is 6.41 Å². The highest BCUT2D eigenvalue weighted by molar-refractivity contribution is 5.59. The smallest absolute Gasteiger partial charge is 0.209 e. The summed E-state index contributed by atoms with van der Waals surface area (Å²) in [5, 5.41) is 0. The summed E-state index contributed by atoms with van der Waals surface area (Å²) in [7, 11) is 0. The molecule has 5 rings (SSSR count). The molecule has 3 unspecified atom stereocenters. The third-order valence-electron chi connectivity index (χ3n) is 6.01.